The Bertz CT molecular complexity index is 801. The van der Waals surface area contributed by atoms with Gasteiger partial charge in [0.25, 0.3) is 5.91 Å². The van der Waals surface area contributed by atoms with E-state index in [4.69, 9.17) is 4.74 Å². The summed E-state index contributed by atoms with van der Waals surface area (Å²) in [6.45, 7) is 3.71. The fourth-order valence-electron chi connectivity index (χ4n) is 3.65. The number of nitrogens with zero attached hydrogens (tertiary/aromatic N) is 2. The van der Waals surface area contributed by atoms with E-state index in [1.54, 1.807) is 13.0 Å². The zero-order valence-corrected chi connectivity index (χ0v) is 17.5. The topological polar surface area (TPSA) is 92.1 Å². The molecule has 3 atom stereocenters. The summed E-state index contributed by atoms with van der Waals surface area (Å²) in [6, 6.07) is 3.86. The highest BCUT2D eigenvalue weighted by Crippen LogP contribution is 2.40. The van der Waals surface area contributed by atoms with Crippen LogP contribution >= 0.6 is 11.8 Å². The number of rotatable bonds is 6. The van der Waals surface area contributed by atoms with Crippen LogP contribution in [0.1, 0.15) is 79.9 Å². The third-order valence-corrected chi connectivity index (χ3v) is 6.30. The number of nitrogens with one attached hydrogen (secondary N) is 1. The molecular weight excluding hydrogens is 374 g/mol. The lowest BCUT2D eigenvalue weighted by Crippen LogP contribution is -2.46. The highest BCUT2D eigenvalue weighted by atomic mass is 32.2. The van der Waals surface area contributed by atoms with Gasteiger partial charge >= 0.3 is 5.97 Å². The van der Waals surface area contributed by atoms with Crippen molar-refractivity contribution in [1.82, 2.24) is 10.3 Å². The van der Waals surface area contributed by atoms with E-state index in [2.05, 4.69) is 23.3 Å². The maximum atomic E-state index is 12.8. The standard InChI is InChI=1S/C21H27N3O3S/c1-12-6-4-5-7-17(12)23-19(25)13(2)27-21(26)15-10-18(14-8-9-14)24-20(28-3)16(15)11-22/h10,12-14,17H,4-9H2,1-3H3,(H,23,25)/t12-,13+,17+/m0/s1. The Morgan fingerprint density at radius 2 is 2.04 bits per heavy atom. The van der Waals surface area contributed by atoms with Gasteiger partial charge in [-0.05, 0) is 50.8 Å². The molecule has 0 aliphatic heterocycles. The second kappa shape index (κ2) is 8.95. The zero-order valence-electron chi connectivity index (χ0n) is 16.7. The minimum absolute atomic E-state index is 0.127. The van der Waals surface area contributed by atoms with Crippen molar-refractivity contribution in [2.45, 2.75) is 75.5 Å². The Kier molecular flexibility index (Phi) is 6.61. The second-order valence-electron chi connectivity index (χ2n) is 7.79. The summed E-state index contributed by atoms with van der Waals surface area (Å²) in [7, 11) is 0. The lowest BCUT2D eigenvalue weighted by Gasteiger charge is -2.30. The number of amides is 1. The molecule has 0 radical (unpaired) electrons. The molecule has 6 nitrogen and oxygen atoms in total. The minimum atomic E-state index is -0.913. The summed E-state index contributed by atoms with van der Waals surface area (Å²) in [5.41, 5.74) is 1.24. The molecule has 2 aliphatic carbocycles. The molecule has 0 bridgehead atoms. The number of hydrogen-bond donors (Lipinski definition) is 1. The largest absolute Gasteiger partial charge is 0.449 e. The van der Waals surface area contributed by atoms with E-state index in [-0.39, 0.29) is 23.1 Å². The van der Waals surface area contributed by atoms with Crippen LogP contribution in [0, 0.1) is 17.2 Å². The van der Waals surface area contributed by atoms with Gasteiger partial charge < -0.3 is 10.1 Å². The molecule has 7 heteroatoms. The van der Waals surface area contributed by atoms with Crippen molar-refractivity contribution < 1.29 is 14.3 Å². The first kappa shape index (κ1) is 20.7. The van der Waals surface area contributed by atoms with Gasteiger partial charge in [0, 0.05) is 17.7 Å². The SMILES string of the molecule is CSc1nc(C2CC2)cc(C(=O)O[C@H](C)C(=O)N[C@@H]2CCCC[C@@H]2C)c1C#N. The van der Waals surface area contributed by atoms with Crippen LogP contribution in [0.25, 0.3) is 0 Å². The van der Waals surface area contributed by atoms with Crippen molar-refractivity contribution in [3.05, 3.63) is 22.9 Å². The van der Waals surface area contributed by atoms with Crippen LogP contribution in [-0.2, 0) is 9.53 Å². The molecular formula is C21H27N3O3S. The molecule has 150 valence electrons. The number of hydrogen-bond acceptors (Lipinski definition) is 6. The lowest BCUT2D eigenvalue weighted by atomic mass is 9.86. The molecule has 0 aromatic carbocycles. The van der Waals surface area contributed by atoms with E-state index in [0.29, 0.717) is 16.9 Å². The minimum Gasteiger partial charge on any atom is -0.449 e. The molecule has 1 N–H and O–H groups in total. The van der Waals surface area contributed by atoms with Gasteiger partial charge in [-0.25, -0.2) is 9.78 Å². The van der Waals surface area contributed by atoms with Gasteiger partial charge in [-0.1, -0.05) is 19.8 Å². The first-order valence-corrected chi connectivity index (χ1v) is 11.2. The molecule has 1 amide bonds. The van der Waals surface area contributed by atoms with Crippen LogP contribution in [0.15, 0.2) is 11.1 Å². The molecule has 1 aromatic rings. The van der Waals surface area contributed by atoms with Gasteiger partial charge in [0.05, 0.1) is 11.1 Å². The first-order chi connectivity index (χ1) is 13.4. The molecule has 28 heavy (non-hydrogen) atoms. The highest BCUT2D eigenvalue weighted by molar-refractivity contribution is 7.98. The summed E-state index contributed by atoms with van der Waals surface area (Å²) in [5.74, 6) is -0.155. The average Bonchev–Trinajstić information content (AvgIpc) is 3.53. The summed E-state index contributed by atoms with van der Waals surface area (Å²) >= 11 is 1.34. The Hall–Kier alpha value is -2.07. The van der Waals surface area contributed by atoms with Crippen molar-refractivity contribution in [1.29, 1.82) is 5.26 Å². The molecule has 1 aromatic heterocycles. The number of nitriles is 1. The second-order valence-corrected chi connectivity index (χ2v) is 8.58. The third-order valence-electron chi connectivity index (χ3n) is 5.62. The van der Waals surface area contributed by atoms with Crippen molar-refractivity contribution in [3.8, 4) is 6.07 Å². The molecule has 2 saturated carbocycles. The van der Waals surface area contributed by atoms with E-state index < -0.39 is 12.1 Å². The van der Waals surface area contributed by atoms with Gasteiger partial charge in [-0.15, -0.1) is 11.8 Å². The third kappa shape index (κ3) is 4.67. The molecule has 2 fully saturated rings. The number of carbonyl (C=O) groups excluding carboxylic acids is 2. The Morgan fingerprint density at radius 3 is 2.64 bits per heavy atom. The number of ether oxygens (including phenoxy) is 1. The number of esters is 1. The van der Waals surface area contributed by atoms with Gasteiger partial charge in [0.15, 0.2) is 6.10 Å². The van der Waals surface area contributed by atoms with Crippen LogP contribution in [-0.4, -0.2) is 35.3 Å². The summed E-state index contributed by atoms with van der Waals surface area (Å²) in [4.78, 5) is 29.8. The van der Waals surface area contributed by atoms with Gasteiger partial charge in [-0.3, -0.25) is 4.79 Å². The molecule has 0 unspecified atom stereocenters. The predicted octanol–water partition coefficient (Wildman–Crippen LogP) is 3.79. The first-order valence-electron chi connectivity index (χ1n) is 9.95. The van der Waals surface area contributed by atoms with Crippen LogP contribution in [0.3, 0.4) is 0 Å². The maximum absolute atomic E-state index is 12.8. The van der Waals surface area contributed by atoms with Gasteiger partial charge in [0.2, 0.25) is 0 Å². The maximum Gasteiger partial charge on any atom is 0.340 e. The van der Waals surface area contributed by atoms with E-state index in [1.807, 2.05) is 6.26 Å². The number of pyridine rings is 1. The van der Waals surface area contributed by atoms with Crippen LogP contribution in [0.4, 0.5) is 0 Å². The van der Waals surface area contributed by atoms with Gasteiger partial charge in [-0.2, -0.15) is 5.26 Å². The lowest BCUT2D eigenvalue weighted by molar-refractivity contribution is -0.130. The van der Waals surface area contributed by atoms with Crippen LogP contribution < -0.4 is 5.32 Å². The van der Waals surface area contributed by atoms with Crippen molar-refractivity contribution in [3.63, 3.8) is 0 Å². The van der Waals surface area contributed by atoms with Crippen molar-refractivity contribution >= 4 is 23.6 Å². The summed E-state index contributed by atoms with van der Waals surface area (Å²) in [6.07, 6.45) is 7.35. The summed E-state index contributed by atoms with van der Waals surface area (Å²) < 4.78 is 5.43. The highest BCUT2D eigenvalue weighted by Gasteiger charge is 2.31. The number of thioether (sulfide) groups is 1. The Balaban J connectivity index is 1.72. The van der Waals surface area contributed by atoms with E-state index in [1.165, 1.54) is 18.2 Å². The molecule has 0 saturated heterocycles. The number of aromatic nitrogens is 1. The smallest absolute Gasteiger partial charge is 0.340 e. The molecule has 2 aliphatic rings. The average molecular weight is 402 g/mol. The molecule has 3 rings (SSSR count). The van der Waals surface area contributed by atoms with E-state index >= 15 is 0 Å². The number of carbonyl (C=O) groups is 2. The quantitative estimate of drug-likeness (QED) is 0.576. The normalized spacial score (nSPS) is 22.8. The monoisotopic (exact) mass is 401 g/mol. The van der Waals surface area contributed by atoms with E-state index in [0.717, 1.165) is 37.8 Å². The van der Waals surface area contributed by atoms with Crippen molar-refractivity contribution in [2.24, 2.45) is 5.92 Å². The Morgan fingerprint density at radius 1 is 1.32 bits per heavy atom. The van der Waals surface area contributed by atoms with Crippen LogP contribution in [0.2, 0.25) is 0 Å². The molecule has 0 spiro atoms. The van der Waals surface area contributed by atoms with Crippen molar-refractivity contribution in [2.75, 3.05) is 6.26 Å². The fourth-order valence-corrected chi connectivity index (χ4v) is 4.21. The Labute approximate surface area is 170 Å². The predicted molar refractivity (Wildman–Crippen MR) is 107 cm³/mol. The zero-order chi connectivity index (χ0) is 20.3. The van der Waals surface area contributed by atoms with E-state index in [9.17, 15) is 14.9 Å². The molecule has 1 heterocycles. The summed E-state index contributed by atoms with van der Waals surface area (Å²) in [5, 5.41) is 13.1. The fraction of sp³-hybridized carbons (Fsp3) is 0.619. The van der Waals surface area contributed by atoms with Gasteiger partial charge in [0.1, 0.15) is 11.1 Å². The van der Waals surface area contributed by atoms with Crippen LogP contribution in [0.5, 0.6) is 0 Å².